The van der Waals surface area contributed by atoms with Crippen LogP contribution in [0.15, 0.2) is 35.3 Å². The second-order valence-electron chi connectivity index (χ2n) is 6.40. The molecule has 4 rings (SSSR count). The van der Waals surface area contributed by atoms with Crippen molar-refractivity contribution in [2.45, 2.75) is 19.3 Å². The molecule has 2 aliphatic rings. The molecule has 0 radical (unpaired) electrons. The number of aromatic nitrogens is 1. The maximum atomic E-state index is 13.0. The van der Waals surface area contributed by atoms with Crippen molar-refractivity contribution >= 4 is 28.8 Å². The summed E-state index contributed by atoms with van der Waals surface area (Å²) in [6.45, 7) is 2.02. The quantitative estimate of drug-likeness (QED) is 0.921. The van der Waals surface area contributed by atoms with Crippen LogP contribution in [-0.2, 0) is 4.79 Å². The van der Waals surface area contributed by atoms with Crippen molar-refractivity contribution in [2.75, 3.05) is 24.5 Å². The van der Waals surface area contributed by atoms with Gasteiger partial charge in [0.1, 0.15) is 0 Å². The van der Waals surface area contributed by atoms with Crippen molar-refractivity contribution in [1.82, 2.24) is 9.88 Å². The van der Waals surface area contributed by atoms with Gasteiger partial charge in [0.25, 0.3) is 5.91 Å². The van der Waals surface area contributed by atoms with Crippen LogP contribution in [0.3, 0.4) is 0 Å². The molecule has 2 fully saturated rings. The van der Waals surface area contributed by atoms with Crippen molar-refractivity contribution in [2.24, 2.45) is 5.41 Å². The highest BCUT2D eigenvalue weighted by molar-refractivity contribution is 7.08. The van der Waals surface area contributed by atoms with Gasteiger partial charge in [0.05, 0.1) is 16.7 Å². The van der Waals surface area contributed by atoms with Crippen molar-refractivity contribution in [3.8, 4) is 0 Å². The molecule has 1 N–H and O–H groups in total. The van der Waals surface area contributed by atoms with E-state index in [1.54, 1.807) is 29.8 Å². The van der Waals surface area contributed by atoms with E-state index in [0.29, 0.717) is 12.1 Å². The average Bonchev–Trinajstić information content (AvgIpc) is 3.31. The molecule has 1 atom stereocenters. The molecule has 0 saturated carbocycles. The smallest absolute Gasteiger partial charge is 0.255 e. The van der Waals surface area contributed by atoms with E-state index in [-0.39, 0.29) is 11.8 Å². The number of hydrogen-bond acceptors (Lipinski definition) is 3. The molecular formula is C17H19N3O2S. The van der Waals surface area contributed by atoms with Crippen LogP contribution in [0.25, 0.3) is 0 Å². The second-order valence-corrected chi connectivity index (χ2v) is 7.18. The number of nitrogens with one attached hydrogen (secondary N) is 1. The number of amides is 2. The first kappa shape index (κ1) is 14.5. The lowest BCUT2D eigenvalue weighted by molar-refractivity contribution is -0.127. The highest BCUT2D eigenvalue weighted by Crippen LogP contribution is 2.42. The average molecular weight is 329 g/mol. The molecule has 0 bridgehead atoms. The predicted octanol–water partition coefficient (Wildman–Crippen LogP) is 2.74. The molecule has 2 amide bonds. The lowest BCUT2D eigenvalue weighted by Gasteiger charge is -2.38. The topological polar surface area (TPSA) is 56.4 Å². The number of aromatic amines is 1. The van der Waals surface area contributed by atoms with Crippen molar-refractivity contribution in [3.05, 3.63) is 40.8 Å². The van der Waals surface area contributed by atoms with Crippen molar-refractivity contribution < 1.29 is 9.59 Å². The highest BCUT2D eigenvalue weighted by Gasteiger charge is 2.50. The van der Waals surface area contributed by atoms with Gasteiger partial charge in [-0.3, -0.25) is 9.59 Å². The Bertz CT molecular complexity index is 710. The zero-order valence-electron chi connectivity index (χ0n) is 12.8. The van der Waals surface area contributed by atoms with Gasteiger partial charge in [0, 0.05) is 37.4 Å². The molecule has 0 aliphatic carbocycles. The van der Waals surface area contributed by atoms with Gasteiger partial charge in [-0.25, -0.2) is 0 Å². The monoisotopic (exact) mass is 329 g/mol. The summed E-state index contributed by atoms with van der Waals surface area (Å²) in [6.07, 6.45) is 6.07. The maximum Gasteiger partial charge on any atom is 0.255 e. The zero-order valence-corrected chi connectivity index (χ0v) is 13.6. The van der Waals surface area contributed by atoms with Gasteiger partial charge >= 0.3 is 0 Å². The Morgan fingerprint density at radius 3 is 2.91 bits per heavy atom. The third kappa shape index (κ3) is 2.37. The molecule has 23 heavy (non-hydrogen) atoms. The SMILES string of the molecule is O=C(c1cc[nH]c1)N1CCCC2(CCN(c3ccsc3)C2=O)C1. The molecule has 2 aromatic rings. The molecule has 1 unspecified atom stereocenters. The molecule has 2 saturated heterocycles. The molecule has 2 aromatic heterocycles. The van der Waals surface area contributed by atoms with Crippen molar-refractivity contribution in [3.63, 3.8) is 0 Å². The van der Waals surface area contributed by atoms with Crippen LogP contribution >= 0.6 is 11.3 Å². The van der Waals surface area contributed by atoms with E-state index in [9.17, 15) is 9.59 Å². The third-order valence-corrected chi connectivity index (χ3v) is 5.71. The summed E-state index contributed by atoms with van der Waals surface area (Å²) >= 11 is 1.61. The highest BCUT2D eigenvalue weighted by atomic mass is 32.1. The molecule has 6 heteroatoms. The predicted molar refractivity (Wildman–Crippen MR) is 89.7 cm³/mol. The first-order valence-electron chi connectivity index (χ1n) is 7.96. The van der Waals surface area contributed by atoms with Crippen LogP contribution in [0.4, 0.5) is 5.69 Å². The summed E-state index contributed by atoms with van der Waals surface area (Å²) in [5.41, 5.74) is 1.26. The van der Waals surface area contributed by atoms with Gasteiger partial charge in [-0.1, -0.05) is 0 Å². The number of hydrogen-bond donors (Lipinski definition) is 1. The van der Waals surface area contributed by atoms with Crippen LogP contribution in [-0.4, -0.2) is 41.3 Å². The van der Waals surface area contributed by atoms with Gasteiger partial charge in [-0.15, -0.1) is 0 Å². The van der Waals surface area contributed by atoms with Crippen molar-refractivity contribution in [1.29, 1.82) is 0 Å². The largest absolute Gasteiger partial charge is 0.367 e. The lowest BCUT2D eigenvalue weighted by atomic mass is 9.78. The molecule has 120 valence electrons. The normalized spacial score (nSPS) is 24.6. The summed E-state index contributed by atoms with van der Waals surface area (Å²) in [6, 6.07) is 3.78. The maximum absolute atomic E-state index is 13.0. The summed E-state index contributed by atoms with van der Waals surface area (Å²) in [4.78, 5) is 32.3. The van der Waals surface area contributed by atoms with E-state index < -0.39 is 5.41 Å². The first-order chi connectivity index (χ1) is 11.2. The number of H-pyrrole nitrogens is 1. The minimum absolute atomic E-state index is 0.0205. The number of likely N-dealkylation sites (tertiary alicyclic amines) is 1. The van der Waals surface area contributed by atoms with E-state index >= 15 is 0 Å². The van der Waals surface area contributed by atoms with Crippen LogP contribution in [0, 0.1) is 5.41 Å². The summed E-state index contributed by atoms with van der Waals surface area (Å²) < 4.78 is 0. The van der Waals surface area contributed by atoms with Crippen LogP contribution in [0.1, 0.15) is 29.6 Å². The minimum atomic E-state index is -0.397. The van der Waals surface area contributed by atoms with E-state index in [1.807, 2.05) is 26.6 Å². The Labute approximate surface area is 138 Å². The molecule has 0 aromatic carbocycles. The fourth-order valence-corrected chi connectivity index (χ4v) is 4.44. The van der Waals surface area contributed by atoms with E-state index in [0.717, 1.165) is 38.0 Å². The molecule has 2 aliphatic heterocycles. The third-order valence-electron chi connectivity index (χ3n) is 5.04. The summed E-state index contributed by atoms with van der Waals surface area (Å²) in [5, 5.41) is 4.01. The fourth-order valence-electron chi connectivity index (χ4n) is 3.80. The Kier molecular flexibility index (Phi) is 3.49. The number of carbonyl (C=O) groups is 2. The molecule has 1 spiro atoms. The number of rotatable bonds is 2. The van der Waals surface area contributed by atoms with Gasteiger partial charge < -0.3 is 14.8 Å². The van der Waals surface area contributed by atoms with Gasteiger partial charge in [-0.05, 0) is 36.8 Å². The molecule has 5 nitrogen and oxygen atoms in total. The number of thiophene rings is 1. The number of nitrogens with zero attached hydrogens (tertiary/aromatic N) is 2. The first-order valence-corrected chi connectivity index (χ1v) is 8.90. The molecular weight excluding hydrogens is 310 g/mol. The Hall–Kier alpha value is -2.08. The van der Waals surface area contributed by atoms with E-state index in [4.69, 9.17) is 0 Å². The fraction of sp³-hybridized carbons (Fsp3) is 0.412. The van der Waals surface area contributed by atoms with Gasteiger partial charge in [0.2, 0.25) is 5.91 Å². The molecule has 4 heterocycles. The second kappa shape index (κ2) is 5.53. The minimum Gasteiger partial charge on any atom is -0.367 e. The van der Waals surface area contributed by atoms with E-state index in [1.165, 1.54) is 0 Å². The Morgan fingerprint density at radius 2 is 2.17 bits per heavy atom. The number of carbonyl (C=O) groups excluding carboxylic acids is 2. The summed E-state index contributed by atoms with van der Waals surface area (Å²) in [7, 11) is 0. The number of piperidine rings is 1. The van der Waals surface area contributed by atoms with E-state index in [2.05, 4.69) is 4.98 Å². The van der Waals surface area contributed by atoms with Gasteiger partial charge in [0.15, 0.2) is 0 Å². The number of anilines is 1. The Balaban J connectivity index is 1.55. The Morgan fingerprint density at radius 1 is 1.26 bits per heavy atom. The van der Waals surface area contributed by atoms with Crippen LogP contribution in [0.5, 0.6) is 0 Å². The standard InChI is InChI=1S/C17H19N3O2S/c21-15(13-2-6-18-10-13)19-7-1-4-17(12-19)5-8-20(16(17)22)14-3-9-23-11-14/h2-3,6,9-11,18H,1,4-5,7-8,12H2. The summed E-state index contributed by atoms with van der Waals surface area (Å²) in [5.74, 6) is 0.203. The van der Waals surface area contributed by atoms with Crippen LogP contribution < -0.4 is 4.90 Å². The lowest BCUT2D eigenvalue weighted by Crippen LogP contribution is -2.49. The zero-order chi connectivity index (χ0) is 15.9. The van der Waals surface area contributed by atoms with Crippen LogP contribution in [0.2, 0.25) is 0 Å². The van der Waals surface area contributed by atoms with Gasteiger partial charge in [-0.2, -0.15) is 11.3 Å².